The Morgan fingerprint density at radius 1 is 1.37 bits per heavy atom. The van der Waals surface area contributed by atoms with E-state index in [1.165, 1.54) is 6.07 Å². The van der Waals surface area contributed by atoms with Crippen molar-refractivity contribution in [2.45, 2.75) is 36.7 Å². The summed E-state index contributed by atoms with van der Waals surface area (Å²) in [5.74, 6) is 0.540. The van der Waals surface area contributed by atoms with E-state index in [-0.39, 0.29) is 10.9 Å². The van der Waals surface area contributed by atoms with Crippen molar-refractivity contribution in [1.82, 2.24) is 4.31 Å². The van der Waals surface area contributed by atoms with E-state index in [2.05, 4.69) is 0 Å². The van der Waals surface area contributed by atoms with Gasteiger partial charge in [-0.1, -0.05) is 17.7 Å². The Bertz CT molecular complexity index is 603. The third-order valence-electron chi connectivity index (χ3n) is 4.21. The fourth-order valence-corrected chi connectivity index (χ4v) is 5.25. The minimum absolute atomic E-state index is 0.183. The molecule has 4 nitrogen and oxygen atoms in total. The molecule has 3 rings (SSSR count). The number of benzene rings is 1. The Morgan fingerprint density at radius 2 is 2.16 bits per heavy atom. The van der Waals surface area contributed by atoms with Crippen LogP contribution < -0.4 is 5.73 Å². The van der Waals surface area contributed by atoms with Crippen LogP contribution in [-0.4, -0.2) is 25.3 Å². The van der Waals surface area contributed by atoms with Crippen molar-refractivity contribution < 1.29 is 8.42 Å². The Hall–Kier alpha value is -0.620. The molecule has 1 aromatic rings. The largest absolute Gasteiger partial charge is 0.326 e. The van der Waals surface area contributed by atoms with Crippen molar-refractivity contribution in [3.8, 4) is 0 Å². The van der Waals surface area contributed by atoms with E-state index in [0.717, 1.165) is 24.8 Å². The highest BCUT2D eigenvalue weighted by molar-refractivity contribution is 7.89. The summed E-state index contributed by atoms with van der Waals surface area (Å²) in [5.41, 5.74) is 6.30. The van der Waals surface area contributed by atoms with Gasteiger partial charge in [-0.25, -0.2) is 8.42 Å². The van der Waals surface area contributed by atoms with Gasteiger partial charge in [-0.2, -0.15) is 4.31 Å². The van der Waals surface area contributed by atoms with Crippen LogP contribution >= 0.6 is 11.6 Å². The normalized spacial score (nSPS) is 27.1. The Balaban J connectivity index is 1.94. The van der Waals surface area contributed by atoms with Gasteiger partial charge in [-0.3, -0.25) is 0 Å². The van der Waals surface area contributed by atoms with Crippen LogP contribution in [0.2, 0.25) is 5.02 Å². The van der Waals surface area contributed by atoms with Crippen LogP contribution in [0.3, 0.4) is 0 Å². The van der Waals surface area contributed by atoms with Gasteiger partial charge in [-0.15, -0.1) is 0 Å². The third kappa shape index (κ3) is 2.18. The van der Waals surface area contributed by atoms with E-state index in [1.807, 2.05) is 0 Å². The van der Waals surface area contributed by atoms with Crippen LogP contribution in [0.4, 0.5) is 0 Å². The SMILES string of the molecule is NCc1ccc(S(=O)(=O)N2CC3CCC2C3)cc1Cl. The molecule has 0 aromatic heterocycles. The third-order valence-corrected chi connectivity index (χ3v) is 6.48. The van der Waals surface area contributed by atoms with Gasteiger partial charge >= 0.3 is 0 Å². The first-order valence-corrected chi connectivity index (χ1v) is 8.34. The second kappa shape index (κ2) is 4.74. The molecule has 2 fully saturated rings. The smallest absolute Gasteiger partial charge is 0.243 e. The van der Waals surface area contributed by atoms with E-state index >= 15 is 0 Å². The zero-order valence-corrected chi connectivity index (χ0v) is 12.1. The van der Waals surface area contributed by atoms with Gasteiger partial charge in [0.1, 0.15) is 0 Å². The topological polar surface area (TPSA) is 63.4 Å². The van der Waals surface area contributed by atoms with Crippen LogP contribution in [0.25, 0.3) is 0 Å². The van der Waals surface area contributed by atoms with Gasteiger partial charge in [-0.05, 0) is 42.9 Å². The molecule has 2 aliphatic rings. The molecule has 1 aliphatic heterocycles. The molecule has 2 unspecified atom stereocenters. The van der Waals surface area contributed by atoms with E-state index in [0.29, 0.717) is 24.0 Å². The molecule has 0 radical (unpaired) electrons. The van der Waals surface area contributed by atoms with Crippen LogP contribution in [-0.2, 0) is 16.6 Å². The quantitative estimate of drug-likeness (QED) is 0.928. The molecular weight excluding hydrogens is 284 g/mol. The summed E-state index contributed by atoms with van der Waals surface area (Å²) in [6.07, 6.45) is 3.15. The van der Waals surface area contributed by atoms with Gasteiger partial charge < -0.3 is 5.73 Å². The number of hydrogen-bond acceptors (Lipinski definition) is 3. The summed E-state index contributed by atoms with van der Waals surface area (Å²) >= 11 is 6.06. The average molecular weight is 301 g/mol. The minimum atomic E-state index is -3.41. The lowest BCUT2D eigenvalue weighted by molar-refractivity contribution is 0.333. The van der Waals surface area contributed by atoms with Gasteiger partial charge in [0.15, 0.2) is 0 Å². The lowest BCUT2D eigenvalue weighted by Gasteiger charge is -2.26. The first kappa shape index (κ1) is 13.4. The first-order valence-electron chi connectivity index (χ1n) is 6.52. The molecule has 1 saturated heterocycles. The van der Waals surface area contributed by atoms with Gasteiger partial charge in [0.25, 0.3) is 0 Å². The average Bonchev–Trinajstić information content (AvgIpc) is 3.01. The summed E-state index contributed by atoms with van der Waals surface area (Å²) in [4.78, 5) is 0.280. The maximum Gasteiger partial charge on any atom is 0.243 e. The lowest BCUT2D eigenvalue weighted by atomic mass is 10.1. The number of fused-ring (bicyclic) bond motifs is 2. The zero-order chi connectivity index (χ0) is 13.6. The first-order chi connectivity index (χ1) is 9.02. The predicted octanol–water partition coefficient (Wildman–Crippen LogP) is 1.97. The number of nitrogens with zero attached hydrogens (tertiary/aromatic N) is 1. The van der Waals surface area contributed by atoms with Crippen molar-refractivity contribution >= 4 is 21.6 Å². The predicted molar refractivity (Wildman–Crippen MR) is 74.4 cm³/mol. The lowest BCUT2D eigenvalue weighted by Crippen LogP contribution is -2.37. The molecule has 2 N–H and O–H groups in total. The molecule has 104 valence electrons. The van der Waals surface area contributed by atoms with E-state index < -0.39 is 10.0 Å². The summed E-state index contributed by atoms with van der Waals surface area (Å²) in [6.45, 7) is 0.969. The van der Waals surface area contributed by atoms with E-state index in [9.17, 15) is 8.42 Å². The molecule has 1 heterocycles. The van der Waals surface area contributed by atoms with Crippen molar-refractivity contribution in [2.24, 2.45) is 11.7 Å². The van der Waals surface area contributed by atoms with Crippen molar-refractivity contribution in [1.29, 1.82) is 0 Å². The molecule has 1 aromatic carbocycles. The number of nitrogens with two attached hydrogens (primary N) is 1. The summed E-state index contributed by atoms with van der Waals surface area (Å²) in [5, 5.41) is 0.424. The molecule has 1 aliphatic carbocycles. The number of halogens is 1. The molecule has 2 atom stereocenters. The van der Waals surface area contributed by atoms with Crippen LogP contribution in [0.1, 0.15) is 24.8 Å². The second-order valence-corrected chi connectivity index (χ2v) is 7.66. The molecule has 6 heteroatoms. The molecular formula is C13H17ClN2O2S. The summed E-state index contributed by atoms with van der Waals surface area (Å²) < 4.78 is 26.9. The zero-order valence-electron chi connectivity index (χ0n) is 10.5. The molecule has 0 spiro atoms. The van der Waals surface area contributed by atoms with Gasteiger partial charge in [0.2, 0.25) is 10.0 Å². The maximum absolute atomic E-state index is 12.6. The number of rotatable bonds is 3. The van der Waals surface area contributed by atoms with Gasteiger partial charge in [0, 0.05) is 24.2 Å². The van der Waals surface area contributed by atoms with E-state index in [1.54, 1.807) is 16.4 Å². The van der Waals surface area contributed by atoms with Crippen LogP contribution in [0, 0.1) is 5.92 Å². The standard InChI is InChI=1S/C13H17ClN2O2S/c14-13-6-12(4-2-10(13)7-15)19(17,18)16-8-9-1-3-11(16)5-9/h2,4,6,9,11H,1,3,5,7-8,15H2. The molecule has 19 heavy (non-hydrogen) atoms. The fraction of sp³-hybridized carbons (Fsp3) is 0.538. The molecule has 0 amide bonds. The summed E-state index contributed by atoms with van der Waals surface area (Å²) in [6, 6.07) is 5.01. The number of piperidine rings is 1. The summed E-state index contributed by atoms with van der Waals surface area (Å²) in [7, 11) is -3.41. The van der Waals surface area contributed by atoms with Gasteiger partial charge in [0.05, 0.1) is 4.90 Å². The highest BCUT2D eigenvalue weighted by atomic mass is 35.5. The fourth-order valence-electron chi connectivity index (χ4n) is 3.16. The second-order valence-electron chi connectivity index (χ2n) is 5.36. The number of hydrogen-bond donors (Lipinski definition) is 1. The van der Waals surface area contributed by atoms with Crippen molar-refractivity contribution in [2.75, 3.05) is 6.54 Å². The molecule has 2 bridgehead atoms. The monoisotopic (exact) mass is 300 g/mol. The Labute approximate surface area is 118 Å². The highest BCUT2D eigenvalue weighted by Crippen LogP contribution is 2.40. The Morgan fingerprint density at radius 3 is 2.68 bits per heavy atom. The number of sulfonamides is 1. The molecule has 1 saturated carbocycles. The Kier molecular flexibility index (Phi) is 3.33. The van der Waals surface area contributed by atoms with Crippen LogP contribution in [0.5, 0.6) is 0 Å². The van der Waals surface area contributed by atoms with E-state index in [4.69, 9.17) is 17.3 Å². The maximum atomic E-state index is 12.6. The minimum Gasteiger partial charge on any atom is -0.326 e. The van der Waals surface area contributed by atoms with Crippen molar-refractivity contribution in [3.05, 3.63) is 28.8 Å². The van der Waals surface area contributed by atoms with Crippen molar-refractivity contribution in [3.63, 3.8) is 0 Å². The highest BCUT2D eigenvalue weighted by Gasteiger charge is 2.44. The van der Waals surface area contributed by atoms with Crippen LogP contribution in [0.15, 0.2) is 23.1 Å².